The van der Waals surface area contributed by atoms with Crippen LogP contribution in [0.25, 0.3) is 11.1 Å². The lowest BCUT2D eigenvalue weighted by atomic mass is 9.96. The highest BCUT2D eigenvalue weighted by atomic mass is 35.5. The number of hydrogen-bond donors (Lipinski definition) is 4. The van der Waals surface area contributed by atoms with E-state index in [-0.39, 0.29) is 44.8 Å². The Hall–Kier alpha value is -2.80. The van der Waals surface area contributed by atoms with Crippen molar-refractivity contribution in [1.29, 1.82) is 0 Å². The maximum absolute atomic E-state index is 12.6. The van der Waals surface area contributed by atoms with E-state index in [9.17, 15) is 20.1 Å². The van der Waals surface area contributed by atoms with Gasteiger partial charge < -0.3 is 39.5 Å². The van der Waals surface area contributed by atoms with E-state index < -0.39 is 23.9 Å². The van der Waals surface area contributed by atoms with Crippen molar-refractivity contribution in [1.82, 2.24) is 9.88 Å². The molecule has 3 unspecified atom stereocenters. The van der Waals surface area contributed by atoms with E-state index in [1.807, 2.05) is 42.6 Å². The molecule has 1 aromatic heterocycles. The number of benzene rings is 2. The van der Waals surface area contributed by atoms with E-state index in [1.165, 1.54) is 12.0 Å². The van der Waals surface area contributed by atoms with E-state index in [0.717, 1.165) is 59.3 Å². The van der Waals surface area contributed by atoms with Gasteiger partial charge in [0.1, 0.15) is 18.5 Å². The molecule has 2 fully saturated rings. The predicted molar refractivity (Wildman–Crippen MR) is 187 cm³/mol. The van der Waals surface area contributed by atoms with Gasteiger partial charge in [0, 0.05) is 60.4 Å². The first-order chi connectivity index (χ1) is 23.7. The minimum absolute atomic E-state index is 0.0873. The van der Waals surface area contributed by atoms with Gasteiger partial charge in [0.15, 0.2) is 0 Å². The van der Waals surface area contributed by atoms with Gasteiger partial charge in [-0.15, -0.1) is 0 Å². The Morgan fingerprint density at radius 2 is 1.76 bits per heavy atom. The highest BCUT2D eigenvalue weighted by molar-refractivity contribution is 6.34. The van der Waals surface area contributed by atoms with Crippen LogP contribution in [0.15, 0.2) is 54.9 Å². The van der Waals surface area contributed by atoms with Crippen molar-refractivity contribution in [2.75, 3.05) is 33.4 Å². The number of hydrogen-bond acceptors (Lipinski definition) is 9. The van der Waals surface area contributed by atoms with Gasteiger partial charge >= 0.3 is 0 Å². The molecule has 12 heteroatoms. The highest BCUT2D eigenvalue weighted by Crippen LogP contribution is 2.53. The maximum atomic E-state index is 12.6. The minimum Gasteiger partial charge on any atom is -0.490 e. The zero-order chi connectivity index (χ0) is 35.0. The molecule has 0 aliphatic heterocycles. The molecular formula is C37H46Cl2N2O8. The number of methoxy groups -OCH3 is 1. The second-order valence-corrected chi connectivity index (χ2v) is 13.7. The summed E-state index contributed by atoms with van der Waals surface area (Å²) < 4.78 is 17.8. The van der Waals surface area contributed by atoms with Crippen molar-refractivity contribution in [3.05, 3.63) is 81.6 Å². The van der Waals surface area contributed by atoms with Gasteiger partial charge in [-0.2, -0.15) is 0 Å². The molecule has 0 bridgehead atoms. The summed E-state index contributed by atoms with van der Waals surface area (Å²) in [6.07, 6.45) is 5.45. The molecule has 0 saturated heterocycles. The standard InChI is InChI=1S/C37H46Cl2N2O8/c1-47-23-35(45)41(21-33(44)36(46)32(43)12-17-42)16-5-4-6-24-18-31(39)25(19-30(24)38)22-48-37(13-14-37)29-20-40-15-11-27(29)28-7-2-3-8-34(28)49-26-9-10-26/h2-3,7-8,11,15,18-20,26,32-33,36,42-44,46H,4-6,9-10,12-14,16-17,21-23H2,1H3. The zero-order valence-electron chi connectivity index (χ0n) is 27.8. The first kappa shape index (κ1) is 37.5. The molecule has 3 atom stereocenters. The molecule has 1 heterocycles. The van der Waals surface area contributed by atoms with Crippen LogP contribution in [0.1, 0.15) is 61.6 Å². The van der Waals surface area contributed by atoms with Crippen LogP contribution in [0, 0.1) is 0 Å². The molecule has 2 aromatic carbocycles. The van der Waals surface area contributed by atoms with Gasteiger partial charge in [-0.1, -0.05) is 41.4 Å². The molecule has 49 heavy (non-hydrogen) atoms. The van der Waals surface area contributed by atoms with Crippen LogP contribution in [0.3, 0.4) is 0 Å². The molecule has 4 N–H and O–H groups in total. The molecule has 5 rings (SSSR count). The second kappa shape index (κ2) is 17.4. The van der Waals surface area contributed by atoms with Gasteiger partial charge in [-0.05, 0) is 92.3 Å². The summed E-state index contributed by atoms with van der Waals surface area (Å²) in [5.74, 6) is 0.525. The number of halogens is 2. The maximum Gasteiger partial charge on any atom is 0.248 e. The molecule has 1 amide bonds. The van der Waals surface area contributed by atoms with Crippen molar-refractivity contribution >= 4 is 29.1 Å². The SMILES string of the molecule is COCC(=O)N(CCCCc1cc(Cl)c(COC2(c3cnccc3-c3ccccc3OC3CC3)CC2)cc1Cl)CC(O)C(O)C(O)CCO. The Balaban J connectivity index is 1.18. The monoisotopic (exact) mass is 716 g/mol. The lowest BCUT2D eigenvalue weighted by Gasteiger charge is -2.29. The number of para-hydroxylation sites is 1. The number of carbonyl (C=O) groups excluding carboxylic acids is 1. The molecule has 3 aromatic rings. The normalized spacial score (nSPS) is 17.0. The topological polar surface area (TPSA) is 142 Å². The third-order valence-electron chi connectivity index (χ3n) is 9.10. The quantitative estimate of drug-likeness (QED) is 0.118. The Morgan fingerprint density at radius 3 is 2.47 bits per heavy atom. The second-order valence-electron chi connectivity index (χ2n) is 12.9. The molecular weight excluding hydrogens is 671 g/mol. The Bertz CT molecular complexity index is 1550. The van der Waals surface area contributed by atoms with Gasteiger partial charge in [0.2, 0.25) is 5.91 Å². The first-order valence-electron chi connectivity index (χ1n) is 16.9. The molecule has 10 nitrogen and oxygen atoms in total. The van der Waals surface area contributed by atoms with Crippen molar-refractivity contribution in [3.8, 4) is 16.9 Å². The summed E-state index contributed by atoms with van der Waals surface area (Å²) in [4.78, 5) is 18.5. The lowest BCUT2D eigenvalue weighted by Crippen LogP contribution is -2.47. The van der Waals surface area contributed by atoms with E-state index in [4.69, 9.17) is 42.5 Å². The number of amides is 1. The summed E-state index contributed by atoms with van der Waals surface area (Å²) in [7, 11) is 1.40. The van der Waals surface area contributed by atoms with Crippen molar-refractivity contribution in [2.45, 2.75) is 88.0 Å². The Labute approximate surface area is 297 Å². The van der Waals surface area contributed by atoms with Crippen LogP contribution < -0.4 is 4.74 Å². The number of ether oxygens (including phenoxy) is 3. The summed E-state index contributed by atoms with van der Waals surface area (Å²) in [6.45, 7) is -0.120. The fourth-order valence-electron chi connectivity index (χ4n) is 5.95. The number of aliphatic hydroxyl groups excluding tert-OH is 4. The van der Waals surface area contributed by atoms with Crippen molar-refractivity contribution in [3.63, 3.8) is 0 Å². The number of rotatable bonds is 20. The van der Waals surface area contributed by atoms with Crippen molar-refractivity contribution in [2.24, 2.45) is 0 Å². The van der Waals surface area contributed by atoms with Gasteiger partial charge in [-0.3, -0.25) is 9.78 Å². The molecule has 2 aliphatic carbocycles. The van der Waals surface area contributed by atoms with Crippen LogP contribution in [0.2, 0.25) is 10.0 Å². The number of aromatic nitrogens is 1. The van der Waals surface area contributed by atoms with E-state index in [0.29, 0.717) is 35.9 Å². The third-order valence-corrected chi connectivity index (χ3v) is 9.80. The summed E-state index contributed by atoms with van der Waals surface area (Å²) in [6, 6.07) is 13.8. The summed E-state index contributed by atoms with van der Waals surface area (Å²) in [5, 5.41) is 40.7. The van der Waals surface area contributed by atoms with Gasteiger partial charge in [0.25, 0.3) is 0 Å². The van der Waals surface area contributed by atoms with Crippen LogP contribution in [0.5, 0.6) is 5.75 Å². The highest BCUT2D eigenvalue weighted by Gasteiger charge is 2.48. The Kier molecular flexibility index (Phi) is 13.3. The molecule has 2 aliphatic rings. The van der Waals surface area contributed by atoms with Gasteiger partial charge in [0.05, 0.1) is 30.5 Å². The number of nitrogens with zero attached hydrogens (tertiary/aromatic N) is 2. The largest absolute Gasteiger partial charge is 0.490 e. The number of aliphatic hydroxyl groups is 4. The molecule has 0 spiro atoms. The Morgan fingerprint density at radius 1 is 1.02 bits per heavy atom. The van der Waals surface area contributed by atoms with Crippen LogP contribution in [-0.4, -0.2) is 94.0 Å². The fourth-order valence-corrected chi connectivity index (χ4v) is 6.47. The number of carbonyl (C=O) groups is 1. The number of aryl methyl sites for hydroxylation is 1. The third kappa shape index (κ3) is 9.92. The van der Waals surface area contributed by atoms with Crippen LogP contribution in [-0.2, 0) is 32.9 Å². The predicted octanol–water partition coefficient (Wildman–Crippen LogP) is 5.07. The van der Waals surface area contributed by atoms with Gasteiger partial charge in [-0.25, -0.2) is 0 Å². The number of pyridine rings is 1. The fraction of sp³-hybridized carbons (Fsp3) is 0.514. The number of unbranched alkanes of at least 4 members (excludes halogenated alkanes) is 1. The zero-order valence-corrected chi connectivity index (χ0v) is 29.3. The first-order valence-corrected chi connectivity index (χ1v) is 17.6. The lowest BCUT2D eigenvalue weighted by molar-refractivity contribution is -0.139. The van der Waals surface area contributed by atoms with Crippen LogP contribution in [0.4, 0.5) is 0 Å². The van der Waals surface area contributed by atoms with Crippen molar-refractivity contribution < 1.29 is 39.4 Å². The average molecular weight is 718 g/mol. The van der Waals surface area contributed by atoms with E-state index >= 15 is 0 Å². The summed E-state index contributed by atoms with van der Waals surface area (Å²) >= 11 is 13.5. The smallest absolute Gasteiger partial charge is 0.248 e. The minimum atomic E-state index is -1.50. The average Bonchev–Trinajstić information content (AvgIpc) is 4.04. The molecule has 266 valence electrons. The molecule has 2 saturated carbocycles. The van der Waals surface area contributed by atoms with E-state index in [2.05, 4.69) is 11.1 Å². The summed E-state index contributed by atoms with van der Waals surface area (Å²) in [5.41, 5.74) is 4.30. The van der Waals surface area contributed by atoms with Crippen LogP contribution >= 0.6 is 23.2 Å². The molecule has 0 radical (unpaired) electrons. The van der Waals surface area contributed by atoms with E-state index in [1.54, 1.807) is 6.20 Å².